The van der Waals surface area contributed by atoms with Crippen molar-refractivity contribution >= 4 is 5.71 Å². The van der Waals surface area contributed by atoms with E-state index in [1.165, 1.54) is 7.11 Å². The van der Waals surface area contributed by atoms with Gasteiger partial charge in [-0.25, -0.2) is 0 Å². The van der Waals surface area contributed by atoms with Crippen LogP contribution in [-0.4, -0.2) is 44.5 Å². The SMILES string of the molecule is CCOc1ccc([C@H]2[C@@H]3CN(C)CC=C3[C@@H](C#N)C(=N)C2(C#N)C#N)cc1OC. The van der Waals surface area contributed by atoms with Gasteiger partial charge in [0.25, 0.3) is 0 Å². The number of ether oxygens (including phenoxy) is 2. The van der Waals surface area contributed by atoms with Crippen molar-refractivity contribution in [2.75, 3.05) is 33.9 Å². The van der Waals surface area contributed by atoms with Crippen LogP contribution >= 0.6 is 0 Å². The van der Waals surface area contributed by atoms with Gasteiger partial charge in [-0.05, 0) is 37.2 Å². The molecule has 1 N–H and O–H groups in total. The Balaban J connectivity index is 2.24. The van der Waals surface area contributed by atoms with Gasteiger partial charge in [0.15, 0.2) is 16.9 Å². The summed E-state index contributed by atoms with van der Waals surface area (Å²) in [5, 5.41) is 38.5. The molecule has 0 amide bonds. The maximum atomic E-state index is 10.1. The number of likely N-dealkylation sites (N-methyl/N-ethyl adjacent to an activating group) is 1. The lowest BCUT2D eigenvalue weighted by molar-refractivity contribution is 0.234. The number of nitrogens with zero attached hydrogens (tertiary/aromatic N) is 4. The first-order chi connectivity index (χ1) is 14.0. The van der Waals surface area contributed by atoms with Crippen LogP contribution in [0.25, 0.3) is 0 Å². The molecule has 1 heterocycles. The molecule has 0 bridgehead atoms. The lowest BCUT2D eigenvalue weighted by Gasteiger charge is -2.47. The van der Waals surface area contributed by atoms with E-state index < -0.39 is 17.3 Å². The van der Waals surface area contributed by atoms with Gasteiger partial charge < -0.3 is 19.8 Å². The van der Waals surface area contributed by atoms with Crippen LogP contribution in [0.4, 0.5) is 0 Å². The van der Waals surface area contributed by atoms with E-state index in [1.54, 1.807) is 12.1 Å². The molecule has 0 saturated heterocycles. The molecular weight excluding hydrogens is 366 g/mol. The van der Waals surface area contributed by atoms with Crippen molar-refractivity contribution < 1.29 is 9.47 Å². The van der Waals surface area contributed by atoms with Crippen molar-refractivity contribution in [2.24, 2.45) is 17.3 Å². The number of hydrogen-bond acceptors (Lipinski definition) is 7. The van der Waals surface area contributed by atoms with Crippen LogP contribution in [0.15, 0.2) is 29.8 Å². The summed E-state index contributed by atoms with van der Waals surface area (Å²) in [5.41, 5.74) is -0.316. The standard InChI is InChI=1S/C22H23N5O2/c1-4-29-18-6-5-14(9-19(18)28-3)20-17-11-27(2)8-7-15(17)16(10-23)21(26)22(20,12-24)13-25/h5-7,9,16-17,20,26H,4,8,11H2,1-3H3/t16-,17-,20+/m1/s1. The van der Waals surface area contributed by atoms with Crippen molar-refractivity contribution in [1.29, 1.82) is 21.2 Å². The summed E-state index contributed by atoms with van der Waals surface area (Å²) in [4.78, 5) is 2.09. The van der Waals surface area contributed by atoms with Crippen LogP contribution < -0.4 is 9.47 Å². The van der Waals surface area contributed by atoms with Crippen LogP contribution in [0.3, 0.4) is 0 Å². The van der Waals surface area contributed by atoms with Crippen LogP contribution in [0, 0.1) is 56.7 Å². The zero-order valence-electron chi connectivity index (χ0n) is 16.8. The third kappa shape index (κ3) is 3.12. The molecule has 1 fully saturated rings. The molecule has 3 atom stereocenters. The maximum Gasteiger partial charge on any atom is 0.189 e. The van der Waals surface area contributed by atoms with Crippen LogP contribution in [0.1, 0.15) is 18.4 Å². The minimum atomic E-state index is -1.72. The molecule has 0 aromatic heterocycles. The fourth-order valence-corrected chi connectivity index (χ4v) is 4.48. The highest BCUT2D eigenvalue weighted by Crippen LogP contribution is 2.54. The lowest BCUT2D eigenvalue weighted by atomic mass is 9.54. The number of fused-ring (bicyclic) bond motifs is 1. The van der Waals surface area contributed by atoms with Gasteiger partial charge >= 0.3 is 0 Å². The molecule has 1 saturated carbocycles. The first-order valence-corrected chi connectivity index (χ1v) is 9.47. The fraction of sp³-hybridized carbons (Fsp3) is 0.455. The molecule has 1 aliphatic heterocycles. The molecule has 3 rings (SSSR count). The minimum absolute atomic E-state index is 0.144. The normalized spacial score (nSPS) is 25.6. The van der Waals surface area contributed by atoms with Crippen LogP contribution in [0.5, 0.6) is 11.5 Å². The van der Waals surface area contributed by atoms with Gasteiger partial charge in [-0.15, -0.1) is 0 Å². The van der Waals surface area contributed by atoms with E-state index in [9.17, 15) is 15.8 Å². The molecule has 0 radical (unpaired) electrons. The topological polar surface area (TPSA) is 117 Å². The minimum Gasteiger partial charge on any atom is -0.493 e. The zero-order chi connectivity index (χ0) is 21.2. The average Bonchev–Trinajstić information content (AvgIpc) is 2.74. The Morgan fingerprint density at radius 1 is 1.24 bits per heavy atom. The fourth-order valence-electron chi connectivity index (χ4n) is 4.48. The van der Waals surface area contributed by atoms with Crippen LogP contribution in [0.2, 0.25) is 0 Å². The summed E-state index contributed by atoms with van der Waals surface area (Å²) in [6.45, 7) is 3.63. The van der Waals surface area contributed by atoms with E-state index in [4.69, 9.17) is 14.9 Å². The van der Waals surface area contributed by atoms with Gasteiger partial charge in [0, 0.05) is 24.9 Å². The second-order valence-corrected chi connectivity index (χ2v) is 7.36. The van der Waals surface area contributed by atoms with Gasteiger partial charge in [0.2, 0.25) is 0 Å². The zero-order valence-corrected chi connectivity index (χ0v) is 16.8. The predicted molar refractivity (Wildman–Crippen MR) is 106 cm³/mol. The first kappa shape index (κ1) is 20.4. The molecule has 7 heteroatoms. The van der Waals surface area contributed by atoms with Gasteiger partial charge in [0.05, 0.1) is 37.6 Å². The van der Waals surface area contributed by atoms with Gasteiger partial charge in [-0.1, -0.05) is 12.1 Å². The lowest BCUT2D eigenvalue weighted by Crippen LogP contribution is -2.52. The Kier molecular flexibility index (Phi) is 5.59. The summed E-state index contributed by atoms with van der Waals surface area (Å²) in [5.74, 6) is -0.579. The smallest absolute Gasteiger partial charge is 0.189 e. The van der Waals surface area contributed by atoms with Crippen LogP contribution in [-0.2, 0) is 0 Å². The number of hydrogen-bond donors (Lipinski definition) is 1. The highest BCUT2D eigenvalue weighted by atomic mass is 16.5. The summed E-state index contributed by atoms with van der Waals surface area (Å²) in [6, 6.07) is 11.7. The van der Waals surface area contributed by atoms with E-state index in [1.807, 2.05) is 26.1 Å². The van der Waals surface area contributed by atoms with Crippen molar-refractivity contribution in [2.45, 2.75) is 12.8 Å². The largest absolute Gasteiger partial charge is 0.493 e. The number of methoxy groups -OCH3 is 1. The van der Waals surface area contributed by atoms with E-state index in [-0.39, 0.29) is 11.6 Å². The third-order valence-corrected chi connectivity index (χ3v) is 5.82. The molecule has 0 spiro atoms. The summed E-state index contributed by atoms with van der Waals surface area (Å²) in [7, 11) is 3.50. The number of benzene rings is 1. The van der Waals surface area contributed by atoms with Gasteiger partial charge in [-0.2, -0.15) is 15.8 Å². The van der Waals surface area contributed by atoms with Gasteiger partial charge in [0.1, 0.15) is 5.92 Å². The van der Waals surface area contributed by atoms with E-state index in [2.05, 4.69) is 23.1 Å². The van der Waals surface area contributed by atoms with Crippen molar-refractivity contribution in [1.82, 2.24) is 4.90 Å². The van der Waals surface area contributed by atoms with Crippen molar-refractivity contribution in [3.63, 3.8) is 0 Å². The molecule has 1 aromatic carbocycles. The van der Waals surface area contributed by atoms with Crippen molar-refractivity contribution in [3.8, 4) is 29.7 Å². The summed E-state index contributed by atoms with van der Waals surface area (Å²) < 4.78 is 11.1. The third-order valence-electron chi connectivity index (χ3n) is 5.82. The predicted octanol–water partition coefficient (Wildman–Crippen LogP) is 2.87. The molecule has 0 unspecified atom stereocenters. The van der Waals surface area contributed by atoms with E-state index >= 15 is 0 Å². The summed E-state index contributed by atoms with van der Waals surface area (Å²) >= 11 is 0. The molecule has 1 aromatic rings. The first-order valence-electron chi connectivity index (χ1n) is 9.47. The quantitative estimate of drug-likeness (QED) is 0.791. The van der Waals surface area contributed by atoms with Crippen molar-refractivity contribution in [3.05, 3.63) is 35.4 Å². The van der Waals surface area contributed by atoms with E-state index in [0.29, 0.717) is 31.2 Å². The number of nitriles is 3. The number of nitrogens with one attached hydrogen (secondary N) is 1. The molecule has 2 aliphatic rings. The van der Waals surface area contributed by atoms with Gasteiger partial charge in [-0.3, -0.25) is 0 Å². The Morgan fingerprint density at radius 2 is 1.97 bits per heavy atom. The Morgan fingerprint density at radius 3 is 2.55 bits per heavy atom. The second-order valence-electron chi connectivity index (χ2n) is 7.36. The van der Waals surface area contributed by atoms with E-state index in [0.717, 1.165) is 11.1 Å². The highest BCUT2D eigenvalue weighted by molar-refractivity contribution is 6.00. The Labute approximate surface area is 170 Å². The number of rotatable bonds is 4. The molecule has 7 nitrogen and oxygen atoms in total. The molecule has 29 heavy (non-hydrogen) atoms. The second kappa shape index (κ2) is 7.95. The Bertz CT molecular complexity index is 964. The monoisotopic (exact) mass is 389 g/mol. The Hall–Kier alpha value is -3.34. The molecule has 1 aliphatic carbocycles. The summed E-state index contributed by atoms with van der Waals surface area (Å²) in [6.07, 6.45) is 1.97. The maximum absolute atomic E-state index is 10.1. The molecule has 148 valence electrons. The molecular formula is C22H23N5O2. The highest BCUT2D eigenvalue weighted by Gasteiger charge is 2.57. The average molecular weight is 389 g/mol.